The van der Waals surface area contributed by atoms with E-state index >= 15 is 0 Å². The highest BCUT2D eigenvalue weighted by atomic mass is 35.5. The summed E-state index contributed by atoms with van der Waals surface area (Å²) in [6.45, 7) is 0. The minimum Gasteiger partial charge on any atom is -0.495 e. The zero-order valence-electron chi connectivity index (χ0n) is 7.91. The maximum Gasteiger partial charge on any atom is 0.257 e. The minimum atomic E-state index is -2.60. The van der Waals surface area contributed by atoms with E-state index in [1.165, 1.54) is 25.3 Å². The van der Waals surface area contributed by atoms with E-state index in [0.29, 0.717) is 16.3 Å². The summed E-state index contributed by atoms with van der Waals surface area (Å²) in [7, 11) is 1.42. The lowest BCUT2D eigenvalue weighted by atomic mass is 10.1. The monoisotopic (exact) mass is 257 g/mol. The lowest BCUT2D eigenvalue weighted by Crippen LogP contribution is -2.18. The first kappa shape index (κ1) is 14.4. The second-order valence-corrected chi connectivity index (χ2v) is 3.16. The van der Waals surface area contributed by atoms with Crippen LogP contribution in [0.1, 0.15) is 11.6 Å². The van der Waals surface area contributed by atoms with Crippen molar-refractivity contribution in [2.45, 2.75) is 12.5 Å². The SMILES string of the molecule is COc1cc([C@@H](N)C(F)F)ccc1Cl.Cl. The maximum atomic E-state index is 12.3. The molecule has 0 spiro atoms. The molecule has 2 nitrogen and oxygen atoms in total. The van der Waals surface area contributed by atoms with Gasteiger partial charge in [0.25, 0.3) is 6.43 Å². The second-order valence-electron chi connectivity index (χ2n) is 2.75. The number of hydrogen-bond acceptors (Lipinski definition) is 2. The lowest BCUT2D eigenvalue weighted by molar-refractivity contribution is 0.116. The Hall–Kier alpha value is -0.580. The van der Waals surface area contributed by atoms with Crippen molar-refractivity contribution in [3.8, 4) is 5.75 Å². The number of halogens is 4. The molecule has 0 radical (unpaired) electrons. The Morgan fingerprint density at radius 2 is 2.00 bits per heavy atom. The average molecular weight is 258 g/mol. The van der Waals surface area contributed by atoms with Crippen LogP contribution >= 0.6 is 24.0 Å². The maximum absolute atomic E-state index is 12.3. The van der Waals surface area contributed by atoms with Gasteiger partial charge in [0.05, 0.1) is 18.2 Å². The molecule has 86 valence electrons. The second kappa shape index (κ2) is 6.10. The van der Waals surface area contributed by atoms with Crippen molar-refractivity contribution in [3.05, 3.63) is 28.8 Å². The van der Waals surface area contributed by atoms with Gasteiger partial charge >= 0.3 is 0 Å². The Morgan fingerprint density at radius 1 is 1.40 bits per heavy atom. The highest BCUT2D eigenvalue weighted by Gasteiger charge is 2.18. The molecule has 0 aliphatic carbocycles. The van der Waals surface area contributed by atoms with Gasteiger partial charge in [0.1, 0.15) is 5.75 Å². The van der Waals surface area contributed by atoms with Crippen molar-refractivity contribution < 1.29 is 13.5 Å². The number of alkyl halides is 2. The first-order valence-corrected chi connectivity index (χ1v) is 4.31. The predicted octanol–water partition coefficient (Wildman–Crippen LogP) is 3.04. The first-order valence-electron chi connectivity index (χ1n) is 3.93. The van der Waals surface area contributed by atoms with Crippen molar-refractivity contribution in [3.63, 3.8) is 0 Å². The number of ether oxygens (including phenoxy) is 1. The number of methoxy groups -OCH3 is 1. The number of nitrogens with two attached hydrogens (primary N) is 1. The third-order valence-electron chi connectivity index (χ3n) is 1.83. The van der Waals surface area contributed by atoms with Crippen molar-refractivity contribution in [1.82, 2.24) is 0 Å². The first-order chi connectivity index (χ1) is 6.56. The summed E-state index contributed by atoms with van der Waals surface area (Å²) >= 11 is 5.73. The van der Waals surface area contributed by atoms with Gasteiger partial charge in [-0.25, -0.2) is 8.78 Å². The summed E-state index contributed by atoms with van der Waals surface area (Å²) in [5, 5.41) is 0.373. The van der Waals surface area contributed by atoms with E-state index in [2.05, 4.69) is 0 Å². The highest BCUT2D eigenvalue weighted by Crippen LogP contribution is 2.28. The Kier molecular flexibility index (Phi) is 5.87. The highest BCUT2D eigenvalue weighted by molar-refractivity contribution is 6.32. The van der Waals surface area contributed by atoms with Crippen LogP contribution in [-0.4, -0.2) is 13.5 Å². The van der Waals surface area contributed by atoms with Crippen LogP contribution < -0.4 is 10.5 Å². The van der Waals surface area contributed by atoms with E-state index < -0.39 is 12.5 Å². The Bertz CT molecular complexity index is 323. The fourth-order valence-corrected chi connectivity index (χ4v) is 1.22. The van der Waals surface area contributed by atoms with Crippen molar-refractivity contribution >= 4 is 24.0 Å². The lowest BCUT2D eigenvalue weighted by Gasteiger charge is -2.12. The van der Waals surface area contributed by atoms with Gasteiger partial charge in [0, 0.05) is 0 Å². The smallest absolute Gasteiger partial charge is 0.257 e. The van der Waals surface area contributed by atoms with Crippen molar-refractivity contribution in [2.75, 3.05) is 7.11 Å². The van der Waals surface area contributed by atoms with Gasteiger partial charge in [-0.2, -0.15) is 0 Å². The predicted molar refractivity (Wildman–Crippen MR) is 58.2 cm³/mol. The topological polar surface area (TPSA) is 35.2 Å². The van der Waals surface area contributed by atoms with Crippen LogP contribution in [0.2, 0.25) is 5.02 Å². The van der Waals surface area contributed by atoms with Gasteiger partial charge in [-0.1, -0.05) is 17.7 Å². The summed E-state index contributed by atoms with van der Waals surface area (Å²) in [4.78, 5) is 0. The van der Waals surface area contributed by atoms with E-state index in [4.69, 9.17) is 22.1 Å². The Balaban J connectivity index is 0.00000196. The van der Waals surface area contributed by atoms with Gasteiger partial charge in [-0.15, -0.1) is 12.4 Å². The minimum absolute atomic E-state index is 0. The fraction of sp³-hybridized carbons (Fsp3) is 0.333. The molecule has 0 bridgehead atoms. The summed E-state index contributed by atoms with van der Waals surface area (Å²) in [6, 6.07) is 3.06. The fourth-order valence-electron chi connectivity index (χ4n) is 1.03. The molecule has 0 aliphatic rings. The van der Waals surface area contributed by atoms with Crippen LogP contribution in [0, 0.1) is 0 Å². The molecule has 0 saturated carbocycles. The standard InChI is InChI=1S/C9H10ClF2NO.ClH/c1-14-7-4-5(2-3-6(7)10)8(13)9(11)12;/h2-4,8-9H,13H2,1H3;1H/t8-;/m1./s1. The van der Waals surface area contributed by atoms with Gasteiger partial charge in [-0.3, -0.25) is 0 Å². The van der Waals surface area contributed by atoms with Crippen LogP contribution in [0.4, 0.5) is 8.78 Å². The summed E-state index contributed by atoms with van der Waals surface area (Å²) in [6.07, 6.45) is -2.60. The molecule has 1 rings (SSSR count). The molecular formula is C9H11Cl2F2NO. The third kappa shape index (κ3) is 3.48. The van der Waals surface area contributed by atoms with Crippen LogP contribution in [0.5, 0.6) is 5.75 Å². The van der Waals surface area contributed by atoms with Gasteiger partial charge in [0.15, 0.2) is 0 Å². The molecule has 1 atom stereocenters. The van der Waals surface area contributed by atoms with Crippen molar-refractivity contribution in [1.29, 1.82) is 0 Å². The zero-order chi connectivity index (χ0) is 10.7. The molecule has 0 aliphatic heterocycles. The Morgan fingerprint density at radius 3 is 2.47 bits per heavy atom. The average Bonchev–Trinajstić information content (AvgIpc) is 2.17. The molecule has 0 amide bonds. The van der Waals surface area contributed by atoms with Crippen LogP contribution in [0.15, 0.2) is 18.2 Å². The van der Waals surface area contributed by atoms with E-state index in [1.807, 2.05) is 0 Å². The third-order valence-corrected chi connectivity index (χ3v) is 2.14. The number of benzene rings is 1. The number of rotatable bonds is 3. The molecule has 0 heterocycles. The summed E-state index contributed by atoms with van der Waals surface area (Å²) in [5.41, 5.74) is 5.57. The molecule has 6 heteroatoms. The van der Waals surface area contributed by atoms with E-state index in [-0.39, 0.29) is 12.4 Å². The largest absolute Gasteiger partial charge is 0.495 e. The van der Waals surface area contributed by atoms with E-state index in [0.717, 1.165) is 0 Å². The molecule has 0 saturated heterocycles. The molecule has 1 aromatic carbocycles. The molecule has 0 fully saturated rings. The molecular weight excluding hydrogens is 247 g/mol. The normalized spacial score (nSPS) is 12.1. The summed E-state index contributed by atoms with van der Waals surface area (Å²) in [5.74, 6) is 0.347. The zero-order valence-corrected chi connectivity index (χ0v) is 9.49. The Labute approximate surface area is 97.8 Å². The van der Waals surface area contributed by atoms with Gasteiger partial charge in [-0.05, 0) is 17.7 Å². The molecule has 0 aromatic heterocycles. The van der Waals surface area contributed by atoms with Gasteiger partial charge in [0.2, 0.25) is 0 Å². The molecule has 1 aromatic rings. The van der Waals surface area contributed by atoms with Crippen LogP contribution in [-0.2, 0) is 0 Å². The van der Waals surface area contributed by atoms with Crippen LogP contribution in [0.3, 0.4) is 0 Å². The molecule has 15 heavy (non-hydrogen) atoms. The molecule has 0 unspecified atom stereocenters. The van der Waals surface area contributed by atoms with E-state index in [9.17, 15) is 8.78 Å². The summed E-state index contributed by atoms with van der Waals surface area (Å²) < 4.78 is 29.4. The van der Waals surface area contributed by atoms with E-state index in [1.54, 1.807) is 0 Å². The molecule has 2 N–H and O–H groups in total. The number of hydrogen-bond donors (Lipinski definition) is 1. The van der Waals surface area contributed by atoms with Crippen molar-refractivity contribution in [2.24, 2.45) is 5.73 Å². The van der Waals surface area contributed by atoms with Crippen LogP contribution in [0.25, 0.3) is 0 Å². The quantitative estimate of drug-likeness (QED) is 0.904. The van der Waals surface area contributed by atoms with Gasteiger partial charge < -0.3 is 10.5 Å².